The Morgan fingerprint density at radius 2 is 1.79 bits per heavy atom. The summed E-state index contributed by atoms with van der Waals surface area (Å²) in [5, 5.41) is 9.52. The Hall–Kier alpha value is -2.96. The maximum absolute atomic E-state index is 11.6. The predicted octanol–water partition coefficient (Wildman–Crippen LogP) is 6.01. The van der Waals surface area contributed by atoms with Gasteiger partial charge < -0.3 is 19.0 Å². The number of ether oxygens (including phenoxy) is 2. The highest BCUT2D eigenvalue weighted by Crippen LogP contribution is 2.28. The molecule has 0 spiro atoms. The quantitative estimate of drug-likeness (QED) is 0.453. The van der Waals surface area contributed by atoms with E-state index in [4.69, 9.17) is 13.9 Å². The van der Waals surface area contributed by atoms with Crippen molar-refractivity contribution in [3.8, 4) is 11.5 Å². The molecule has 0 aliphatic heterocycles. The van der Waals surface area contributed by atoms with Crippen LogP contribution in [0.4, 0.5) is 0 Å². The SMILES string of the molecule is Cc1cccc(-c2nc(COC3CCCC(OCc4cccc(C)c4C(=O)O)C3)c(C)o2)c1. The molecular weight excluding hydrogens is 418 g/mol. The fourth-order valence-electron chi connectivity index (χ4n) is 4.43. The van der Waals surface area contributed by atoms with Crippen LogP contribution in [-0.4, -0.2) is 28.3 Å². The Kier molecular flexibility index (Phi) is 7.26. The molecule has 2 unspecified atom stereocenters. The lowest BCUT2D eigenvalue weighted by Gasteiger charge is -2.29. The first-order valence-corrected chi connectivity index (χ1v) is 11.5. The van der Waals surface area contributed by atoms with E-state index >= 15 is 0 Å². The number of oxazole rings is 1. The Morgan fingerprint density at radius 1 is 1.06 bits per heavy atom. The number of carbonyl (C=O) groups is 1. The second kappa shape index (κ2) is 10.3. The highest BCUT2D eigenvalue weighted by molar-refractivity contribution is 5.91. The lowest BCUT2D eigenvalue weighted by molar-refractivity contribution is -0.0564. The molecule has 6 heteroatoms. The number of hydrogen-bond donors (Lipinski definition) is 1. The Bertz CT molecular complexity index is 1120. The first-order valence-electron chi connectivity index (χ1n) is 11.5. The lowest BCUT2D eigenvalue weighted by atomic mass is 9.94. The zero-order valence-corrected chi connectivity index (χ0v) is 19.5. The summed E-state index contributed by atoms with van der Waals surface area (Å²) in [6, 6.07) is 13.6. The van der Waals surface area contributed by atoms with Gasteiger partial charge in [-0.2, -0.15) is 0 Å². The van der Waals surface area contributed by atoms with Crippen molar-refractivity contribution < 1.29 is 23.8 Å². The summed E-state index contributed by atoms with van der Waals surface area (Å²) in [6.07, 6.45) is 3.86. The third-order valence-electron chi connectivity index (χ3n) is 6.24. The highest BCUT2D eigenvalue weighted by atomic mass is 16.5. The molecule has 1 saturated carbocycles. The number of nitrogens with zero attached hydrogens (tertiary/aromatic N) is 1. The van der Waals surface area contributed by atoms with E-state index in [1.165, 1.54) is 0 Å². The molecule has 1 aromatic heterocycles. The largest absolute Gasteiger partial charge is 0.478 e. The fraction of sp³-hybridized carbons (Fsp3) is 0.407. The number of carboxylic acids is 1. The molecule has 0 radical (unpaired) electrons. The van der Waals surface area contributed by atoms with Gasteiger partial charge in [-0.05, 0) is 69.7 Å². The number of benzene rings is 2. The summed E-state index contributed by atoms with van der Waals surface area (Å²) in [4.78, 5) is 16.3. The van der Waals surface area contributed by atoms with E-state index in [-0.39, 0.29) is 12.2 Å². The van der Waals surface area contributed by atoms with Gasteiger partial charge in [-0.1, -0.05) is 35.9 Å². The van der Waals surface area contributed by atoms with Crippen molar-refractivity contribution in [2.75, 3.05) is 0 Å². The Labute approximate surface area is 194 Å². The minimum absolute atomic E-state index is 0.0483. The van der Waals surface area contributed by atoms with Crippen LogP contribution in [-0.2, 0) is 22.7 Å². The van der Waals surface area contributed by atoms with Crippen LogP contribution < -0.4 is 0 Å². The van der Waals surface area contributed by atoms with Crippen molar-refractivity contribution in [3.05, 3.63) is 76.2 Å². The van der Waals surface area contributed by atoms with E-state index in [0.717, 1.165) is 53.8 Å². The van der Waals surface area contributed by atoms with Gasteiger partial charge in [0.25, 0.3) is 0 Å². The number of aromatic nitrogens is 1. The number of carboxylic acid groups (broad SMARTS) is 1. The molecule has 1 N–H and O–H groups in total. The van der Waals surface area contributed by atoms with Gasteiger partial charge in [-0.15, -0.1) is 0 Å². The summed E-state index contributed by atoms with van der Waals surface area (Å²) >= 11 is 0. The molecule has 6 nitrogen and oxygen atoms in total. The minimum Gasteiger partial charge on any atom is -0.478 e. The average Bonchev–Trinajstić information content (AvgIpc) is 3.17. The van der Waals surface area contributed by atoms with E-state index in [1.807, 2.05) is 57.2 Å². The van der Waals surface area contributed by atoms with Gasteiger partial charge in [0.15, 0.2) is 0 Å². The van der Waals surface area contributed by atoms with Gasteiger partial charge in [0.1, 0.15) is 11.5 Å². The van der Waals surface area contributed by atoms with Crippen molar-refractivity contribution in [1.29, 1.82) is 0 Å². The van der Waals surface area contributed by atoms with E-state index < -0.39 is 5.97 Å². The third kappa shape index (κ3) is 5.70. The van der Waals surface area contributed by atoms with Gasteiger partial charge in [0.05, 0.1) is 31.0 Å². The van der Waals surface area contributed by atoms with Crippen LogP contribution in [0.3, 0.4) is 0 Å². The first-order chi connectivity index (χ1) is 15.9. The van der Waals surface area contributed by atoms with Crippen molar-refractivity contribution in [2.45, 2.75) is 71.9 Å². The Balaban J connectivity index is 1.33. The van der Waals surface area contributed by atoms with Crippen LogP contribution in [0.15, 0.2) is 46.9 Å². The summed E-state index contributed by atoms with van der Waals surface area (Å²) in [7, 11) is 0. The molecule has 1 heterocycles. The Morgan fingerprint density at radius 3 is 2.52 bits per heavy atom. The molecule has 2 atom stereocenters. The number of aryl methyl sites for hydroxylation is 3. The van der Waals surface area contributed by atoms with Gasteiger partial charge >= 0.3 is 5.97 Å². The summed E-state index contributed by atoms with van der Waals surface area (Å²) in [5.41, 5.74) is 4.75. The molecule has 0 amide bonds. The zero-order chi connectivity index (χ0) is 23.4. The van der Waals surface area contributed by atoms with Crippen LogP contribution in [0.2, 0.25) is 0 Å². The molecule has 0 bridgehead atoms. The van der Waals surface area contributed by atoms with Crippen LogP contribution in [0.25, 0.3) is 11.5 Å². The zero-order valence-electron chi connectivity index (χ0n) is 19.5. The van der Waals surface area contributed by atoms with Crippen molar-refractivity contribution >= 4 is 5.97 Å². The van der Waals surface area contributed by atoms with Crippen molar-refractivity contribution in [2.24, 2.45) is 0 Å². The fourth-order valence-corrected chi connectivity index (χ4v) is 4.43. The van der Waals surface area contributed by atoms with Crippen LogP contribution in [0, 0.1) is 20.8 Å². The first kappa shape index (κ1) is 23.2. The van der Waals surface area contributed by atoms with Crippen LogP contribution in [0.5, 0.6) is 0 Å². The highest BCUT2D eigenvalue weighted by Gasteiger charge is 2.25. The molecule has 33 heavy (non-hydrogen) atoms. The average molecular weight is 450 g/mol. The van der Waals surface area contributed by atoms with Gasteiger partial charge in [-0.25, -0.2) is 9.78 Å². The van der Waals surface area contributed by atoms with Gasteiger partial charge in [0.2, 0.25) is 5.89 Å². The molecule has 4 rings (SSSR count). The number of aromatic carboxylic acids is 1. The molecule has 1 aliphatic carbocycles. The van der Waals surface area contributed by atoms with Crippen LogP contribution in [0.1, 0.15) is 64.2 Å². The lowest BCUT2D eigenvalue weighted by Crippen LogP contribution is -2.28. The predicted molar refractivity (Wildman–Crippen MR) is 125 cm³/mol. The maximum atomic E-state index is 11.6. The van der Waals surface area contributed by atoms with E-state index in [9.17, 15) is 9.90 Å². The topological polar surface area (TPSA) is 81.8 Å². The summed E-state index contributed by atoms with van der Waals surface area (Å²) in [6.45, 7) is 6.47. The number of hydrogen-bond acceptors (Lipinski definition) is 5. The standard InChI is InChI=1S/C27H31NO5/c1-17-7-4-9-20(13-17)26-28-24(19(3)33-26)16-32-23-12-6-11-22(14-23)31-15-21-10-5-8-18(2)25(21)27(29)30/h4-5,7-10,13,22-23H,6,11-12,14-16H2,1-3H3,(H,29,30). The number of rotatable bonds is 8. The van der Waals surface area contributed by atoms with Crippen LogP contribution >= 0.6 is 0 Å². The normalized spacial score (nSPS) is 18.4. The minimum atomic E-state index is -0.912. The monoisotopic (exact) mass is 449 g/mol. The van der Waals surface area contributed by atoms with E-state index in [0.29, 0.717) is 30.2 Å². The van der Waals surface area contributed by atoms with Gasteiger partial charge in [-0.3, -0.25) is 0 Å². The van der Waals surface area contributed by atoms with E-state index in [2.05, 4.69) is 11.1 Å². The molecule has 0 saturated heterocycles. The van der Waals surface area contributed by atoms with Crippen molar-refractivity contribution in [1.82, 2.24) is 4.98 Å². The van der Waals surface area contributed by atoms with E-state index in [1.54, 1.807) is 0 Å². The van der Waals surface area contributed by atoms with Gasteiger partial charge in [0, 0.05) is 5.56 Å². The second-order valence-corrected chi connectivity index (χ2v) is 8.84. The molecular formula is C27H31NO5. The maximum Gasteiger partial charge on any atom is 0.336 e. The molecule has 2 aromatic carbocycles. The summed E-state index contributed by atoms with van der Waals surface area (Å²) in [5.74, 6) is 0.479. The molecule has 1 fully saturated rings. The molecule has 3 aromatic rings. The summed E-state index contributed by atoms with van der Waals surface area (Å²) < 4.78 is 18.2. The third-order valence-corrected chi connectivity index (χ3v) is 6.24. The second-order valence-electron chi connectivity index (χ2n) is 8.84. The molecule has 1 aliphatic rings. The smallest absolute Gasteiger partial charge is 0.336 e. The van der Waals surface area contributed by atoms with Crippen molar-refractivity contribution in [3.63, 3.8) is 0 Å². The molecule has 174 valence electrons.